The molecule has 1 N–H and O–H groups in total. The minimum absolute atomic E-state index is 0.117. The average Bonchev–Trinajstić information content (AvgIpc) is 3.03. The highest BCUT2D eigenvalue weighted by atomic mass is 32.1. The van der Waals surface area contributed by atoms with Crippen LogP contribution in [-0.4, -0.2) is 10.9 Å². The van der Waals surface area contributed by atoms with E-state index in [-0.39, 0.29) is 5.91 Å². The number of amides is 1. The zero-order valence-electron chi connectivity index (χ0n) is 15.0. The number of carbonyl (C=O) groups excluding carboxylic acids is 1. The number of carbonyl (C=O) groups is 1. The lowest BCUT2D eigenvalue weighted by Gasteiger charge is -2.06. The number of benzene rings is 2. The Morgan fingerprint density at radius 2 is 1.80 bits per heavy atom. The molecule has 0 unspecified atom stereocenters. The fourth-order valence-electron chi connectivity index (χ4n) is 2.74. The molecule has 1 amide bonds. The maximum Gasteiger partial charge on any atom is 0.257 e. The van der Waals surface area contributed by atoms with Gasteiger partial charge < -0.3 is 0 Å². The first kappa shape index (κ1) is 17.4. The third kappa shape index (κ3) is 3.97. The Balaban J connectivity index is 1.76. The molecule has 0 aliphatic rings. The van der Waals surface area contributed by atoms with Crippen molar-refractivity contribution in [3.05, 3.63) is 70.1 Å². The summed E-state index contributed by atoms with van der Waals surface area (Å²) in [6.45, 7) is 8.33. The van der Waals surface area contributed by atoms with E-state index in [4.69, 9.17) is 0 Å². The first-order chi connectivity index (χ1) is 11.9. The molecule has 0 saturated heterocycles. The Bertz CT molecular complexity index is 895. The SMILES string of the molecule is Cc1ccc(C(=O)Nc2nc(-c3ccc(C(C)C)cc3)cs2)c(C)c1. The highest BCUT2D eigenvalue weighted by Crippen LogP contribution is 2.27. The van der Waals surface area contributed by atoms with Crippen LogP contribution in [0.25, 0.3) is 11.3 Å². The second-order valence-electron chi connectivity index (χ2n) is 6.59. The maximum atomic E-state index is 12.5. The van der Waals surface area contributed by atoms with Crippen molar-refractivity contribution in [2.75, 3.05) is 5.32 Å². The summed E-state index contributed by atoms with van der Waals surface area (Å²) in [5, 5.41) is 5.50. The van der Waals surface area contributed by atoms with E-state index in [0.717, 1.165) is 22.4 Å². The quantitative estimate of drug-likeness (QED) is 0.646. The van der Waals surface area contributed by atoms with Gasteiger partial charge >= 0.3 is 0 Å². The second-order valence-corrected chi connectivity index (χ2v) is 7.45. The second kappa shape index (κ2) is 7.19. The summed E-state index contributed by atoms with van der Waals surface area (Å²) in [6, 6.07) is 14.3. The first-order valence-corrected chi connectivity index (χ1v) is 9.26. The summed E-state index contributed by atoms with van der Waals surface area (Å²) in [5.41, 5.74) is 6.06. The highest BCUT2D eigenvalue weighted by molar-refractivity contribution is 7.14. The van der Waals surface area contributed by atoms with E-state index in [2.05, 4.69) is 48.4 Å². The molecular weight excluding hydrogens is 328 g/mol. The first-order valence-electron chi connectivity index (χ1n) is 8.38. The van der Waals surface area contributed by atoms with Crippen LogP contribution in [0.2, 0.25) is 0 Å². The normalized spacial score (nSPS) is 10.9. The van der Waals surface area contributed by atoms with Crippen molar-refractivity contribution in [1.29, 1.82) is 0 Å². The van der Waals surface area contributed by atoms with E-state index >= 15 is 0 Å². The van der Waals surface area contributed by atoms with Crippen LogP contribution in [0.5, 0.6) is 0 Å². The smallest absolute Gasteiger partial charge is 0.257 e. The number of rotatable bonds is 4. The Morgan fingerprint density at radius 1 is 1.08 bits per heavy atom. The van der Waals surface area contributed by atoms with Crippen molar-refractivity contribution in [2.24, 2.45) is 0 Å². The molecule has 3 nitrogen and oxygen atoms in total. The molecule has 128 valence electrons. The molecule has 0 aliphatic heterocycles. The zero-order valence-corrected chi connectivity index (χ0v) is 15.8. The minimum atomic E-state index is -0.117. The molecule has 0 radical (unpaired) electrons. The van der Waals surface area contributed by atoms with Crippen LogP contribution in [0.3, 0.4) is 0 Å². The average molecular weight is 350 g/mol. The van der Waals surface area contributed by atoms with Crippen LogP contribution < -0.4 is 5.32 Å². The van der Waals surface area contributed by atoms with E-state index in [1.54, 1.807) is 0 Å². The fraction of sp³-hybridized carbons (Fsp3) is 0.238. The topological polar surface area (TPSA) is 42.0 Å². The lowest BCUT2D eigenvalue weighted by molar-refractivity contribution is 0.102. The van der Waals surface area contributed by atoms with Gasteiger partial charge in [-0.1, -0.05) is 55.8 Å². The van der Waals surface area contributed by atoms with Crippen LogP contribution in [0, 0.1) is 13.8 Å². The Kier molecular flexibility index (Phi) is 5.00. The van der Waals surface area contributed by atoms with Gasteiger partial charge in [0.15, 0.2) is 5.13 Å². The summed E-state index contributed by atoms with van der Waals surface area (Å²) < 4.78 is 0. The van der Waals surface area contributed by atoms with Crippen LogP contribution >= 0.6 is 11.3 Å². The molecule has 2 aromatic carbocycles. The number of anilines is 1. The van der Waals surface area contributed by atoms with Crippen molar-refractivity contribution in [2.45, 2.75) is 33.6 Å². The van der Waals surface area contributed by atoms with Crippen LogP contribution in [0.1, 0.15) is 46.8 Å². The van der Waals surface area contributed by atoms with Gasteiger partial charge in [-0.15, -0.1) is 11.3 Å². The Labute approximate surface area is 152 Å². The molecule has 25 heavy (non-hydrogen) atoms. The molecule has 0 saturated carbocycles. The maximum absolute atomic E-state index is 12.5. The summed E-state index contributed by atoms with van der Waals surface area (Å²) in [4.78, 5) is 17.0. The molecule has 0 atom stereocenters. The van der Waals surface area contributed by atoms with Gasteiger partial charge in [0.25, 0.3) is 5.91 Å². The van der Waals surface area contributed by atoms with Crippen molar-refractivity contribution in [3.63, 3.8) is 0 Å². The predicted molar refractivity (Wildman–Crippen MR) is 106 cm³/mol. The number of thiazole rings is 1. The summed E-state index contributed by atoms with van der Waals surface area (Å²) in [6.07, 6.45) is 0. The number of nitrogens with zero attached hydrogens (tertiary/aromatic N) is 1. The lowest BCUT2D eigenvalue weighted by atomic mass is 10.0. The van der Waals surface area contributed by atoms with Gasteiger partial charge in [0.05, 0.1) is 5.69 Å². The molecule has 1 aromatic heterocycles. The van der Waals surface area contributed by atoms with Gasteiger partial charge in [-0.25, -0.2) is 4.98 Å². The van der Waals surface area contributed by atoms with E-state index in [1.807, 2.05) is 37.4 Å². The number of hydrogen-bond acceptors (Lipinski definition) is 3. The largest absolute Gasteiger partial charge is 0.298 e. The zero-order chi connectivity index (χ0) is 18.0. The molecule has 0 fully saturated rings. The molecular formula is C21H22N2OS. The Morgan fingerprint density at radius 3 is 2.44 bits per heavy atom. The molecule has 4 heteroatoms. The monoisotopic (exact) mass is 350 g/mol. The lowest BCUT2D eigenvalue weighted by Crippen LogP contribution is -2.13. The summed E-state index contributed by atoms with van der Waals surface area (Å²) in [7, 11) is 0. The standard InChI is InChI=1S/C21H22N2OS/c1-13(2)16-6-8-17(9-7-16)19-12-25-21(22-19)23-20(24)18-10-5-14(3)11-15(18)4/h5-13H,1-4H3,(H,22,23,24). The Hall–Kier alpha value is -2.46. The van der Waals surface area contributed by atoms with E-state index in [0.29, 0.717) is 16.6 Å². The van der Waals surface area contributed by atoms with Crippen molar-refractivity contribution < 1.29 is 4.79 Å². The van der Waals surface area contributed by atoms with Gasteiger partial charge in [-0.3, -0.25) is 10.1 Å². The summed E-state index contributed by atoms with van der Waals surface area (Å²) in [5.74, 6) is 0.394. The molecule has 1 heterocycles. The number of hydrogen-bond donors (Lipinski definition) is 1. The molecule has 0 aliphatic carbocycles. The van der Waals surface area contributed by atoms with Gasteiger partial charge in [0.2, 0.25) is 0 Å². The van der Waals surface area contributed by atoms with Crippen molar-refractivity contribution in [3.8, 4) is 11.3 Å². The van der Waals surface area contributed by atoms with Gasteiger partial charge in [0, 0.05) is 16.5 Å². The molecule has 3 rings (SSSR count). The van der Waals surface area contributed by atoms with Crippen molar-refractivity contribution in [1.82, 2.24) is 4.98 Å². The van der Waals surface area contributed by atoms with Gasteiger partial charge in [-0.2, -0.15) is 0 Å². The highest BCUT2D eigenvalue weighted by Gasteiger charge is 2.12. The van der Waals surface area contributed by atoms with Gasteiger partial charge in [0.1, 0.15) is 0 Å². The number of nitrogens with one attached hydrogen (secondary N) is 1. The third-order valence-electron chi connectivity index (χ3n) is 4.22. The van der Waals surface area contributed by atoms with Crippen molar-refractivity contribution >= 4 is 22.4 Å². The number of aryl methyl sites for hydroxylation is 2. The predicted octanol–water partition coefficient (Wildman–Crippen LogP) is 5.80. The van der Waals surface area contributed by atoms with Gasteiger partial charge in [-0.05, 0) is 37.0 Å². The van der Waals surface area contributed by atoms with Crippen LogP contribution in [-0.2, 0) is 0 Å². The van der Waals surface area contributed by atoms with Crippen LogP contribution in [0.4, 0.5) is 5.13 Å². The van der Waals surface area contributed by atoms with Crippen LogP contribution in [0.15, 0.2) is 47.8 Å². The van der Waals surface area contributed by atoms with E-state index in [9.17, 15) is 4.79 Å². The van der Waals surface area contributed by atoms with E-state index in [1.165, 1.54) is 16.9 Å². The minimum Gasteiger partial charge on any atom is -0.298 e. The molecule has 0 spiro atoms. The molecule has 3 aromatic rings. The molecule has 0 bridgehead atoms. The van der Waals surface area contributed by atoms with E-state index < -0.39 is 0 Å². The summed E-state index contributed by atoms with van der Waals surface area (Å²) >= 11 is 1.44. The number of aromatic nitrogens is 1. The fourth-order valence-corrected chi connectivity index (χ4v) is 3.45. The third-order valence-corrected chi connectivity index (χ3v) is 4.98.